The molecule has 0 aromatic heterocycles. The van der Waals surface area contributed by atoms with Crippen LogP contribution in [-0.4, -0.2) is 49.9 Å². The lowest BCUT2D eigenvalue weighted by Gasteiger charge is -2.29. The Morgan fingerprint density at radius 2 is 1.50 bits per heavy atom. The largest absolute Gasteiger partial charge is 0.493 e. The zero-order valence-electron chi connectivity index (χ0n) is 19.9. The number of Topliss-reactive ketones (excluding diaryl/α,β-unsaturated/α-hetero) is 1. The maximum Gasteiger partial charge on any atom is 0.306 e. The van der Waals surface area contributed by atoms with E-state index in [0.29, 0.717) is 36.6 Å². The van der Waals surface area contributed by atoms with Gasteiger partial charge in [0.1, 0.15) is 0 Å². The highest BCUT2D eigenvalue weighted by atomic mass is 16.5. The van der Waals surface area contributed by atoms with Gasteiger partial charge < -0.3 is 19.1 Å². The minimum Gasteiger partial charge on any atom is -0.493 e. The number of hydrogen-bond donors (Lipinski definition) is 0. The SMILES string of the molecule is COc1cc2c(cc1OC)CN(C(=O)COC(=O)CCC(=O)c1ccc3c(c1)CCCC3)CC2. The number of ketones is 1. The normalized spacial score (nSPS) is 14.6. The summed E-state index contributed by atoms with van der Waals surface area (Å²) in [4.78, 5) is 39.0. The highest BCUT2D eigenvalue weighted by Gasteiger charge is 2.24. The minimum absolute atomic E-state index is 0.0387. The van der Waals surface area contributed by atoms with E-state index in [0.717, 1.165) is 30.4 Å². The smallest absolute Gasteiger partial charge is 0.306 e. The van der Waals surface area contributed by atoms with E-state index in [4.69, 9.17) is 14.2 Å². The number of esters is 1. The number of methoxy groups -OCH3 is 2. The first-order valence-electron chi connectivity index (χ1n) is 11.8. The van der Waals surface area contributed by atoms with Gasteiger partial charge in [-0.05, 0) is 72.6 Å². The van der Waals surface area contributed by atoms with Gasteiger partial charge in [0.2, 0.25) is 0 Å². The van der Waals surface area contributed by atoms with Crippen LogP contribution < -0.4 is 9.47 Å². The van der Waals surface area contributed by atoms with Crippen LogP contribution in [0.3, 0.4) is 0 Å². The average molecular weight is 466 g/mol. The van der Waals surface area contributed by atoms with E-state index in [2.05, 4.69) is 0 Å². The molecule has 0 radical (unpaired) electrons. The summed E-state index contributed by atoms with van der Waals surface area (Å²) in [6.45, 7) is 0.632. The molecule has 0 saturated heterocycles. The van der Waals surface area contributed by atoms with E-state index in [9.17, 15) is 14.4 Å². The first-order valence-corrected chi connectivity index (χ1v) is 11.8. The van der Waals surface area contributed by atoms with Crippen molar-refractivity contribution < 1.29 is 28.6 Å². The fraction of sp³-hybridized carbons (Fsp3) is 0.444. The van der Waals surface area contributed by atoms with Crippen LogP contribution in [-0.2, 0) is 40.1 Å². The fourth-order valence-electron chi connectivity index (χ4n) is 4.67. The van der Waals surface area contributed by atoms with Crippen LogP contribution in [0.2, 0.25) is 0 Å². The molecule has 0 fully saturated rings. The Bertz CT molecular complexity index is 1090. The molecule has 2 aromatic carbocycles. The maximum absolute atomic E-state index is 12.6. The lowest BCUT2D eigenvalue weighted by atomic mass is 9.89. The molecule has 2 aliphatic rings. The Morgan fingerprint density at radius 1 is 0.824 bits per heavy atom. The Balaban J connectivity index is 1.25. The van der Waals surface area contributed by atoms with Crippen LogP contribution in [0.4, 0.5) is 0 Å². The summed E-state index contributed by atoms with van der Waals surface area (Å²) >= 11 is 0. The molecular formula is C27H31NO6. The highest BCUT2D eigenvalue weighted by Crippen LogP contribution is 2.33. The summed E-state index contributed by atoms with van der Waals surface area (Å²) in [5, 5.41) is 0. The first-order chi connectivity index (χ1) is 16.5. The second-order valence-corrected chi connectivity index (χ2v) is 8.82. The predicted molar refractivity (Wildman–Crippen MR) is 126 cm³/mol. The second kappa shape index (κ2) is 10.7. The quantitative estimate of drug-likeness (QED) is 0.437. The molecule has 0 saturated carbocycles. The Hall–Kier alpha value is -3.35. The van der Waals surface area contributed by atoms with Gasteiger partial charge in [-0.25, -0.2) is 0 Å². The molecule has 34 heavy (non-hydrogen) atoms. The predicted octanol–water partition coefficient (Wildman–Crippen LogP) is 3.67. The minimum atomic E-state index is -0.538. The van der Waals surface area contributed by atoms with Gasteiger partial charge in [-0.2, -0.15) is 0 Å². The van der Waals surface area contributed by atoms with Crippen LogP contribution in [0, 0.1) is 0 Å². The molecule has 4 rings (SSSR count). The number of fused-ring (bicyclic) bond motifs is 2. The zero-order chi connectivity index (χ0) is 24.1. The van der Waals surface area contributed by atoms with Crippen LogP contribution in [0.1, 0.15) is 58.3 Å². The molecular weight excluding hydrogens is 434 g/mol. The van der Waals surface area contributed by atoms with Crippen molar-refractivity contribution in [3.05, 3.63) is 58.1 Å². The fourth-order valence-corrected chi connectivity index (χ4v) is 4.67. The molecule has 7 heteroatoms. The topological polar surface area (TPSA) is 82.1 Å². The third-order valence-electron chi connectivity index (χ3n) is 6.65. The van der Waals surface area contributed by atoms with Crippen molar-refractivity contribution in [3.63, 3.8) is 0 Å². The van der Waals surface area contributed by atoms with Crippen LogP contribution >= 0.6 is 0 Å². The van der Waals surface area contributed by atoms with E-state index in [1.54, 1.807) is 19.1 Å². The molecule has 7 nitrogen and oxygen atoms in total. The van der Waals surface area contributed by atoms with E-state index in [-0.39, 0.29) is 31.1 Å². The van der Waals surface area contributed by atoms with Gasteiger partial charge in [0, 0.05) is 25.1 Å². The standard InChI is InChI=1S/C27H31NO6/c1-32-24-14-20-11-12-28(16-22(20)15-25(24)33-2)26(30)17-34-27(31)10-9-23(29)21-8-7-18-5-3-4-6-19(18)13-21/h7-8,13-15H,3-6,9-12,16-17H2,1-2H3. The molecule has 1 heterocycles. The molecule has 180 valence electrons. The summed E-state index contributed by atoms with van der Waals surface area (Å²) < 4.78 is 15.9. The molecule has 0 bridgehead atoms. The maximum atomic E-state index is 12.6. The Labute approximate surface area is 200 Å². The summed E-state index contributed by atoms with van der Waals surface area (Å²) in [7, 11) is 3.17. The van der Waals surface area contributed by atoms with Crippen molar-refractivity contribution in [1.82, 2.24) is 4.90 Å². The number of amides is 1. The molecule has 2 aromatic rings. The summed E-state index contributed by atoms with van der Waals surface area (Å²) in [5.74, 6) is 0.414. The van der Waals surface area contributed by atoms with Gasteiger partial charge in [-0.3, -0.25) is 14.4 Å². The number of hydrogen-bond acceptors (Lipinski definition) is 6. The molecule has 0 atom stereocenters. The van der Waals surface area contributed by atoms with Crippen molar-refractivity contribution in [1.29, 1.82) is 0 Å². The Morgan fingerprint density at radius 3 is 2.24 bits per heavy atom. The number of carbonyl (C=O) groups is 3. The number of ether oxygens (including phenoxy) is 3. The molecule has 1 aliphatic carbocycles. The van der Waals surface area contributed by atoms with Crippen LogP contribution in [0.5, 0.6) is 11.5 Å². The molecule has 0 spiro atoms. The van der Waals surface area contributed by atoms with Gasteiger partial charge in [0.05, 0.1) is 20.6 Å². The van der Waals surface area contributed by atoms with Gasteiger partial charge >= 0.3 is 5.97 Å². The van der Waals surface area contributed by atoms with Crippen LogP contribution in [0.15, 0.2) is 30.3 Å². The van der Waals surface area contributed by atoms with Gasteiger partial charge in [-0.1, -0.05) is 12.1 Å². The van der Waals surface area contributed by atoms with Crippen molar-refractivity contribution in [3.8, 4) is 11.5 Å². The summed E-state index contributed by atoms with van der Waals surface area (Å²) in [5.41, 5.74) is 5.30. The van der Waals surface area contributed by atoms with E-state index < -0.39 is 5.97 Å². The first kappa shape index (κ1) is 23.8. The lowest BCUT2D eigenvalue weighted by Crippen LogP contribution is -2.38. The third kappa shape index (κ3) is 5.41. The summed E-state index contributed by atoms with van der Waals surface area (Å²) in [6, 6.07) is 9.66. The van der Waals surface area contributed by atoms with E-state index in [1.807, 2.05) is 30.3 Å². The van der Waals surface area contributed by atoms with Gasteiger partial charge in [0.25, 0.3) is 5.91 Å². The van der Waals surface area contributed by atoms with Crippen molar-refractivity contribution in [2.75, 3.05) is 27.4 Å². The summed E-state index contributed by atoms with van der Waals surface area (Å²) in [6.07, 6.45) is 5.13. The second-order valence-electron chi connectivity index (χ2n) is 8.82. The molecule has 0 N–H and O–H groups in total. The van der Waals surface area contributed by atoms with Crippen molar-refractivity contribution in [2.24, 2.45) is 0 Å². The van der Waals surface area contributed by atoms with E-state index >= 15 is 0 Å². The average Bonchev–Trinajstić information content (AvgIpc) is 2.88. The van der Waals surface area contributed by atoms with Gasteiger partial charge in [-0.15, -0.1) is 0 Å². The number of aryl methyl sites for hydroxylation is 2. The van der Waals surface area contributed by atoms with Crippen molar-refractivity contribution in [2.45, 2.75) is 51.5 Å². The third-order valence-corrected chi connectivity index (χ3v) is 6.65. The monoisotopic (exact) mass is 465 g/mol. The van der Waals surface area contributed by atoms with Crippen molar-refractivity contribution >= 4 is 17.7 Å². The van der Waals surface area contributed by atoms with Gasteiger partial charge in [0.15, 0.2) is 23.9 Å². The number of nitrogens with zero attached hydrogens (tertiary/aromatic N) is 1. The lowest BCUT2D eigenvalue weighted by molar-refractivity contribution is -0.152. The molecule has 1 amide bonds. The van der Waals surface area contributed by atoms with Crippen LogP contribution in [0.25, 0.3) is 0 Å². The molecule has 1 aliphatic heterocycles. The number of benzene rings is 2. The number of carbonyl (C=O) groups excluding carboxylic acids is 3. The number of rotatable bonds is 8. The zero-order valence-corrected chi connectivity index (χ0v) is 19.9. The highest BCUT2D eigenvalue weighted by molar-refractivity contribution is 5.98. The van der Waals surface area contributed by atoms with E-state index in [1.165, 1.54) is 17.5 Å². The molecule has 0 unspecified atom stereocenters. The Kier molecular flexibility index (Phi) is 7.50.